The van der Waals surface area contributed by atoms with E-state index >= 15 is 0 Å². The summed E-state index contributed by atoms with van der Waals surface area (Å²) in [6, 6.07) is 7.97. The first-order valence-electron chi connectivity index (χ1n) is 7.22. The summed E-state index contributed by atoms with van der Waals surface area (Å²) < 4.78 is 27.9. The summed E-state index contributed by atoms with van der Waals surface area (Å²) >= 11 is 12.8. The second-order valence-corrected chi connectivity index (χ2v) is 8.87. The SMILES string of the molecule is NS(=O)(=O)c1ccc(CNC(=O)CCCOc2ccc(Cl)cc2Cl)s1. The molecule has 6 nitrogen and oxygen atoms in total. The lowest BCUT2D eigenvalue weighted by Gasteiger charge is -2.08. The third-order valence-corrected chi connectivity index (χ3v) is 6.13. The Morgan fingerprint density at radius 1 is 1.24 bits per heavy atom. The molecule has 0 saturated heterocycles. The van der Waals surface area contributed by atoms with Gasteiger partial charge in [-0.3, -0.25) is 4.79 Å². The maximum absolute atomic E-state index is 11.8. The molecule has 10 heteroatoms. The number of primary sulfonamides is 1. The van der Waals surface area contributed by atoms with Crippen molar-refractivity contribution in [3.8, 4) is 5.75 Å². The molecule has 1 heterocycles. The summed E-state index contributed by atoms with van der Waals surface area (Å²) in [4.78, 5) is 12.5. The summed E-state index contributed by atoms with van der Waals surface area (Å²) in [5, 5.41) is 8.70. The third kappa shape index (κ3) is 6.48. The van der Waals surface area contributed by atoms with Crippen LogP contribution in [-0.2, 0) is 21.4 Å². The zero-order chi connectivity index (χ0) is 18.4. The maximum atomic E-state index is 11.8. The number of nitrogens with two attached hydrogens (primary N) is 1. The van der Waals surface area contributed by atoms with Crippen molar-refractivity contribution >= 4 is 50.5 Å². The van der Waals surface area contributed by atoms with Crippen LogP contribution in [0, 0.1) is 0 Å². The van der Waals surface area contributed by atoms with Crippen LogP contribution in [-0.4, -0.2) is 20.9 Å². The number of hydrogen-bond donors (Lipinski definition) is 2. The van der Waals surface area contributed by atoms with Crippen LogP contribution < -0.4 is 15.2 Å². The van der Waals surface area contributed by atoms with Crippen molar-refractivity contribution in [2.24, 2.45) is 5.14 Å². The van der Waals surface area contributed by atoms with Crippen LogP contribution in [0.5, 0.6) is 5.75 Å². The number of thiophene rings is 1. The average Bonchev–Trinajstić information content (AvgIpc) is 3.00. The second kappa shape index (κ2) is 8.86. The number of sulfonamides is 1. The van der Waals surface area contributed by atoms with Crippen LogP contribution >= 0.6 is 34.5 Å². The van der Waals surface area contributed by atoms with Gasteiger partial charge >= 0.3 is 0 Å². The van der Waals surface area contributed by atoms with E-state index in [4.69, 9.17) is 33.1 Å². The largest absolute Gasteiger partial charge is 0.492 e. The number of rotatable bonds is 8. The van der Waals surface area contributed by atoms with Crippen LogP contribution in [0.3, 0.4) is 0 Å². The van der Waals surface area contributed by atoms with E-state index in [0.717, 1.165) is 11.3 Å². The maximum Gasteiger partial charge on any atom is 0.247 e. The Morgan fingerprint density at radius 2 is 2.00 bits per heavy atom. The lowest BCUT2D eigenvalue weighted by Crippen LogP contribution is -2.22. The van der Waals surface area contributed by atoms with Crippen molar-refractivity contribution in [2.75, 3.05) is 6.61 Å². The minimum absolute atomic E-state index is 0.0741. The highest BCUT2D eigenvalue weighted by Gasteiger charge is 2.11. The monoisotopic (exact) mass is 422 g/mol. The van der Waals surface area contributed by atoms with Gasteiger partial charge in [-0.1, -0.05) is 23.2 Å². The Bertz CT molecular complexity index is 853. The smallest absolute Gasteiger partial charge is 0.247 e. The fourth-order valence-electron chi connectivity index (χ4n) is 1.89. The Morgan fingerprint density at radius 3 is 2.64 bits per heavy atom. The Balaban J connectivity index is 1.69. The van der Waals surface area contributed by atoms with E-state index < -0.39 is 10.0 Å². The molecule has 2 aromatic rings. The molecular formula is C15H16Cl2N2O4S2. The first-order chi connectivity index (χ1) is 11.8. The highest BCUT2D eigenvalue weighted by atomic mass is 35.5. The quantitative estimate of drug-likeness (QED) is 0.637. The Labute approximate surface area is 159 Å². The number of carbonyl (C=O) groups excluding carboxylic acids is 1. The van der Waals surface area contributed by atoms with Gasteiger partial charge in [-0.15, -0.1) is 11.3 Å². The van der Waals surface area contributed by atoms with E-state index in [1.54, 1.807) is 24.3 Å². The van der Waals surface area contributed by atoms with Crippen LogP contribution in [0.2, 0.25) is 10.0 Å². The third-order valence-electron chi connectivity index (χ3n) is 3.08. The van der Waals surface area contributed by atoms with Crippen molar-refractivity contribution in [1.29, 1.82) is 0 Å². The average molecular weight is 423 g/mol. The predicted octanol–water partition coefficient (Wildman–Crippen LogP) is 3.18. The number of nitrogens with one attached hydrogen (secondary N) is 1. The molecule has 0 spiro atoms. The molecule has 25 heavy (non-hydrogen) atoms. The number of carbonyl (C=O) groups is 1. The summed E-state index contributed by atoms with van der Waals surface area (Å²) in [5.74, 6) is 0.358. The molecular weight excluding hydrogens is 407 g/mol. The molecule has 0 aliphatic rings. The Hall–Kier alpha value is -1.32. The van der Waals surface area contributed by atoms with Crippen LogP contribution in [0.1, 0.15) is 17.7 Å². The summed E-state index contributed by atoms with van der Waals surface area (Å²) in [6.07, 6.45) is 0.788. The lowest BCUT2D eigenvalue weighted by molar-refractivity contribution is -0.121. The number of ether oxygens (including phenoxy) is 1. The number of hydrogen-bond acceptors (Lipinski definition) is 5. The van der Waals surface area contributed by atoms with Crippen molar-refractivity contribution in [3.63, 3.8) is 0 Å². The van der Waals surface area contributed by atoms with Crippen molar-refractivity contribution in [1.82, 2.24) is 5.32 Å². The topological polar surface area (TPSA) is 98.5 Å². The molecule has 0 aliphatic heterocycles. The van der Waals surface area contributed by atoms with Gasteiger partial charge in [-0.25, -0.2) is 13.6 Å². The molecule has 0 saturated carbocycles. The van der Waals surface area contributed by atoms with Gasteiger partial charge in [0, 0.05) is 16.3 Å². The van der Waals surface area contributed by atoms with E-state index in [9.17, 15) is 13.2 Å². The Kier molecular flexibility index (Phi) is 7.09. The molecule has 0 unspecified atom stereocenters. The lowest BCUT2D eigenvalue weighted by atomic mass is 10.3. The molecule has 0 bridgehead atoms. The van der Waals surface area contributed by atoms with E-state index in [0.29, 0.717) is 33.7 Å². The fourth-order valence-corrected chi connectivity index (χ4v) is 4.07. The van der Waals surface area contributed by atoms with E-state index in [1.165, 1.54) is 6.07 Å². The predicted molar refractivity (Wildman–Crippen MR) is 98.7 cm³/mol. The van der Waals surface area contributed by atoms with Crippen LogP contribution in [0.4, 0.5) is 0 Å². The molecule has 0 atom stereocenters. The summed E-state index contributed by atoms with van der Waals surface area (Å²) in [5.41, 5.74) is 0. The molecule has 136 valence electrons. The summed E-state index contributed by atoms with van der Waals surface area (Å²) in [7, 11) is -3.70. The molecule has 0 radical (unpaired) electrons. The minimum Gasteiger partial charge on any atom is -0.492 e. The van der Waals surface area contributed by atoms with Crippen LogP contribution in [0.15, 0.2) is 34.5 Å². The first-order valence-corrected chi connectivity index (χ1v) is 10.3. The molecule has 0 fully saturated rings. The van der Waals surface area contributed by atoms with Gasteiger partial charge in [0.05, 0.1) is 18.2 Å². The zero-order valence-corrected chi connectivity index (χ0v) is 16.1. The van der Waals surface area contributed by atoms with E-state index in [2.05, 4.69) is 5.32 Å². The van der Waals surface area contributed by atoms with Gasteiger partial charge in [0.15, 0.2) is 0 Å². The molecule has 1 amide bonds. The number of amides is 1. The molecule has 0 aliphatic carbocycles. The van der Waals surface area contributed by atoms with Crippen LogP contribution in [0.25, 0.3) is 0 Å². The van der Waals surface area contributed by atoms with Gasteiger partial charge < -0.3 is 10.1 Å². The normalized spacial score (nSPS) is 11.3. The molecule has 1 aromatic heterocycles. The highest BCUT2D eigenvalue weighted by Crippen LogP contribution is 2.27. The minimum atomic E-state index is -3.70. The standard InChI is InChI=1S/C15H16Cl2N2O4S2/c16-10-3-5-13(12(17)8-10)23-7-1-2-14(20)19-9-11-4-6-15(24-11)25(18,21)22/h3-6,8H,1-2,7,9H2,(H,19,20)(H2,18,21,22). The highest BCUT2D eigenvalue weighted by molar-refractivity contribution is 7.91. The van der Waals surface area contributed by atoms with E-state index in [1.807, 2.05) is 0 Å². The van der Waals surface area contributed by atoms with Crippen molar-refractivity contribution in [3.05, 3.63) is 45.3 Å². The summed E-state index contributed by atoms with van der Waals surface area (Å²) in [6.45, 7) is 0.590. The molecule has 3 N–H and O–H groups in total. The van der Waals surface area contributed by atoms with Gasteiger partial charge in [-0.2, -0.15) is 0 Å². The van der Waals surface area contributed by atoms with Gasteiger partial charge in [0.2, 0.25) is 15.9 Å². The van der Waals surface area contributed by atoms with Gasteiger partial charge in [0.1, 0.15) is 9.96 Å². The van der Waals surface area contributed by atoms with Crippen molar-refractivity contribution < 1.29 is 17.9 Å². The molecule has 1 aromatic carbocycles. The number of halogens is 2. The van der Waals surface area contributed by atoms with Crippen molar-refractivity contribution in [2.45, 2.75) is 23.6 Å². The second-order valence-electron chi connectivity index (χ2n) is 5.07. The van der Waals surface area contributed by atoms with Gasteiger partial charge in [0.25, 0.3) is 0 Å². The zero-order valence-electron chi connectivity index (χ0n) is 13.0. The van der Waals surface area contributed by atoms with Gasteiger partial charge in [-0.05, 0) is 36.8 Å². The number of benzene rings is 1. The molecule has 2 rings (SSSR count). The first kappa shape index (κ1) is 20.0. The fraction of sp³-hybridized carbons (Fsp3) is 0.267. The van der Waals surface area contributed by atoms with E-state index in [-0.39, 0.29) is 23.1 Å².